The minimum atomic E-state index is 0.253. The van der Waals surface area contributed by atoms with E-state index in [0.29, 0.717) is 19.1 Å². The highest BCUT2D eigenvalue weighted by Gasteiger charge is 2.14. The van der Waals surface area contributed by atoms with Gasteiger partial charge in [0.15, 0.2) is 0 Å². The molecule has 0 spiro atoms. The van der Waals surface area contributed by atoms with Crippen LogP contribution in [0.2, 0.25) is 0 Å². The largest absolute Gasteiger partial charge is 0.496 e. The second-order valence-electron chi connectivity index (χ2n) is 4.54. The van der Waals surface area contributed by atoms with Crippen LogP contribution in [-0.2, 0) is 4.74 Å². The molecule has 0 radical (unpaired) electrons. The Morgan fingerprint density at radius 1 is 1.24 bits per heavy atom. The van der Waals surface area contributed by atoms with E-state index in [2.05, 4.69) is 26.0 Å². The van der Waals surface area contributed by atoms with Gasteiger partial charge < -0.3 is 15.2 Å². The first kappa shape index (κ1) is 14.0. The maximum absolute atomic E-state index is 5.78. The summed E-state index contributed by atoms with van der Waals surface area (Å²) in [4.78, 5) is 0. The highest BCUT2D eigenvalue weighted by Crippen LogP contribution is 2.29. The van der Waals surface area contributed by atoms with E-state index in [0.717, 1.165) is 5.75 Å². The fourth-order valence-electron chi connectivity index (χ4n) is 1.96. The third-order valence-corrected chi connectivity index (χ3v) is 3.00. The van der Waals surface area contributed by atoms with Gasteiger partial charge in [0.25, 0.3) is 0 Å². The molecule has 0 aliphatic rings. The van der Waals surface area contributed by atoms with Crippen molar-refractivity contribution < 1.29 is 9.47 Å². The van der Waals surface area contributed by atoms with Gasteiger partial charge in [0, 0.05) is 19.6 Å². The van der Waals surface area contributed by atoms with E-state index in [-0.39, 0.29) is 5.92 Å². The summed E-state index contributed by atoms with van der Waals surface area (Å²) in [6, 6.07) is 6.27. The maximum atomic E-state index is 5.78. The molecular weight excluding hydrogens is 214 g/mol. The Morgan fingerprint density at radius 2 is 1.94 bits per heavy atom. The van der Waals surface area contributed by atoms with Gasteiger partial charge in [-0.2, -0.15) is 0 Å². The van der Waals surface area contributed by atoms with Crippen molar-refractivity contribution in [3.8, 4) is 5.75 Å². The first-order valence-corrected chi connectivity index (χ1v) is 6.00. The molecule has 0 saturated carbocycles. The Hall–Kier alpha value is -1.06. The molecule has 0 bridgehead atoms. The molecule has 3 nitrogen and oxygen atoms in total. The van der Waals surface area contributed by atoms with Crippen molar-refractivity contribution in [3.05, 3.63) is 29.3 Å². The van der Waals surface area contributed by atoms with Gasteiger partial charge in [-0.15, -0.1) is 0 Å². The van der Waals surface area contributed by atoms with Crippen molar-refractivity contribution in [1.82, 2.24) is 0 Å². The number of ether oxygens (including phenoxy) is 2. The zero-order valence-corrected chi connectivity index (χ0v) is 11.2. The summed E-state index contributed by atoms with van der Waals surface area (Å²) in [5.41, 5.74) is 8.22. The van der Waals surface area contributed by atoms with Crippen LogP contribution in [0.3, 0.4) is 0 Å². The third-order valence-electron chi connectivity index (χ3n) is 3.00. The number of methoxy groups -OCH3 is 2. The highest BCUT2D eigenvalue weighted by atomic mass is 16.5. The van der Waals surface area contributed by atoms with Crippen LogP contribution in [0.25, 0.3) is 0 Å². The quantitative estimate of drug-likeness (QED) is 0.826. The van der Waals surface area contributed by atoms with Gasteiger partial charge in [-0.25, -0.2) is 0 Å². The van der Waals surface area contributed by atoms with Crippen molar-refractivity contribution in [1.29, 1.82) is 0 Å². The minimum absolute atomic E-state index is 0.253. The zero-order valence-electron chi connectivity index (χ0n) is 11.2. The Morgan fingerprint density at radius 3 is 2.41 bits per heavy atom. The SMILES string of the molecule is COCC(CN)c1ccc(OC)c(C(C)C)c1. The number of nitrogens with two attached hydrogens (primary N) is 1. The molecule has 0 heterocycles. The van der Waals surface area contributed by atoms with Crippen molar-refractivity contribution in [2.45, 2.75) is 25.7 Å². The lowest BCUT2D eigenvalue weighted by atomic mass is 9.93. The molecule has 2 N–H and O–H groups in total. The van der Waals surface area contributed by atoms with E-state index in [1.807, 2.05) is 6.07 Å². The fourth-order valence-corrected chi connectivity index (χ4v) is 1.96. The zero-order chi connectivity index (χ0) is 12.8. The van der Waals surface area contributed by atoms with Gasteiger partial charge in [-0.1, -0.05) is 26.0 Å². The van der Waals surface area contributed by atoms with Crippen molar-refractivity contribution in [2.75, 3.05) is 27.4 Å². The molecule has 96 valence electrons. The first-order valence-electron chi connectivity index (χ1n) is 6.00. The summed E-state index contributed by atoms with van der Waals surface area (Å²) in [5.74, 6) is 1.63. The molecule has 3 heteroatoms. The van der Waals surface area contributed by atoms with Crippen molar-refractivity contribution in [2.24, 2.45) is 5.73 Å². The number of benzene rings is 1. The van der Waals surface area contributed by atoms with Crippen LogP contribution in [0.5, 0.6) is 5.75 Å². The van der Waals surface area contributed by atoms with Crippen LogP contribution in [0.15, 0.2) is 18.2 Å². The number of rotatable bonds is 6. The van der Waals surface area contributed by atoms with Crippen LogP contribution in [0, 0.1) is 0 Å². The van der Waals surface area contributed by atoms with Crippen LogP contribution in [0.1, 0.15) is 36.8 Å². The average molecular weight is 237 g/mol. The molecule has 1 unspecified atom stereocenters. The molecular formula is C14H23NO2. The van der Waals surface area contributed by atoms with E-state index in [4.69, 9.17) is 15.2 Å². The lowest BCUT2D eigenvalue weighted by molar-refractivity contribution is 0.181. The number of hydrogen-bond donors (Lipinski definition) is 1. The predicted molar refractivity (Wildman–Crippen MR) is 70.8 cm³/mol. The van der Waals surface area contributed by atoms with Crippen molar-refractivity contribution in [3.63, 3.8) is 0 Å². The van der Waals surface area contributed by atoms with Crippen molar-refractivity contribution >= 4 is 0 Å². The van der Waals surface area contributed by atoms with Gasteiger partial charge in [0.2, 0.25) is 0 Å². The molecule has 0 fully saturated rings. The molecule has 0 aliphatic carbocycles. The molecule has 0 aliphatic heterocycles. The Balaban J connectivity index is 3.05. The molecule has 17 heavy (non-hydrogen) atoms. The summed E-state index contributed by atoms with van der Waals surface area (Å²) in [6.07, 6.45) is 0. The molecule has 0 saturated heterocycles. The van der Waals surface area contributed by atoms with Crippen LogP contribution in [-0.4, -0.2) is 27.4 Å². The summed E-state index contributed by atoms with van der Waals surface area (Å²) in [6.45, 7) is 5.57. The van der Waals surface area contributed by atoms with E-state index in [9.17, 15) is 0 Å². The lowest BCUT2D eigenvalue weighted by Crippen LogP contribution is -2.17. The molecule has 1 aromatic rings. The van der Waals surface area contributed by atoms with Gasteiger partial charge in [0.05, 0.1) is 13.7 Å². The summed E-state index contributed by atoms with van der Waals surface area (Å²) in [5, 5.41) is 0. The standard InChI is InChI=1S/C14H23NO2/c1-10(2)13-7-11(5-6-14(13)17-4)12(8-15)9-16-3/h5-7,10,12H,8-9,15H2,1-4H3. The molecule has 0 amide bonds. The van der Waals surface area contributed by atoms with Crippen LogP contribution in [0.4, 0.5) is 0 Å². The van der Waals surface area contributed by atoms with Gasteiger partial charge in [-0.3, -0.25) is 0 Å². The first-order chi connectivity index (χ1) is 8.13. The highest BCUT2D eigenvalue weighted by molar-refractivity contribution is 5.40. The Labute approximate surface area is 104 Å². The average Bonchev–Trinajstić information content (AvgIpc) is 2.35. The monoisotopic (exact) mass is 237 g/mol. The Bertz CT molecular complexity index is 350. The second kappa shape index (κ2) is 6.62. The lowest BCUT2D eigenvalue weighted by Gasteiger charge is -2.18. The molecule has 1 atom stereocenters. The molecule has 0 aromatic heterocycles. The second-order valence-corrected chi connectivity index (χ2v) is 4.54. The molecule has 1 aromatic carbocycles. The smallest absolute Gasteiger partial charge is 0.122 e. The minimum Gasteiger partial charge on any atom is -0.496 e. The maximum Gasteiger partial charge on any atom is 0.122 e. The van der Waals surface area contributed by atoms with E-state index >= 15 is 0 Å². The van der Waals surface area contributed by atoms with Gasteiger partial charge in [0.1, 0.15) is 5.75 Å². The van der Waals surface area contributed by atoms with E-state index in [1.54, 1.807) is 14.2 Å². The van der Waals surface area contributed by atoms with E-state index < -0.39 is 0 Å². The number of hydrogen-bond acceptors (Lipinski definition) is 3. The Kier molecular flexibility index (Phi) is 5.45. The predicted octanol–water partition coefficient (Wildman–Crippen LogP) is 2.51. The van der Waals surface area contributed by atoms with Crippen LogP contribution >= 0.6 is 0 Å². The van der Waals surface area contributed by atoms with Crippen LogP contribution < -0.4 is 10.5 Å². The topological polar surface area (TPSA) is 44.5 Å². The summed E-state index contributed by atoms with van der Waals surface area (Å²) < 4.78 is 10.6. The molecule has 1 rings (SSSR count). The third kappa shape index (κ3) is 3.45. The summed E-state index contributed by atoms with van der Waals surface area (Å²) in [7, 11) is 3.41. The fraction of sp³-hybridized carbons (Fsp3) is 0.571. The van der Waals surface area contributed by atoms with Gasteiger partial charge in [-0.05, 0) is 23.1 Å². The van der Waals surface area contributed by atoms with E-state index in [1.165, 1.54) is 11.1 Å². The summed E-state index contributed by atoms with van der Waals surface area (Å²) >= 11 is 0. The van der Waals surface area contributed by atoms with Gasteiger partial charge >= 0.3 is 0 Å². The normalized spacial score (nSPS) is 12.8.